The van der Waals surface area contributed by atoms with Crippen LogP contribution < -0.4 is 11.1 Å². The lowest BCUT2D eigenvalue weighted by molar-refractivity contribution is 0.100. The fourth-order valence-corrected chi connectivity index (χ4v) is 4.22. The zero-order valence-electron chi connectivity index (χ0n) is 12.4. The minimum Gasteiger partial charge on any atom is -0.380 e. The summed E-state index contributed by atoms with van der Waals surface area (Å²) >= 11 is 1.49. The van der Waals surface area contributed by atoms with Gasteiger partial charge in [-0.2, -0.15) is 0 Å². The lowest BCUT2D eigenvalue weighted by Crippen LogP contribution is -2.13. The largest absolute Gasteiger partial charge is 0.380 e. The number of benzene rings is 1. The first-order chi connectivity index (χ1) is 11.2. The summed E-state index contributed by atoms with van der Waals surface area (Å²) < 4.78 is 0. The van der Waals surface area contributed by atoms with E-state index in [2.05, 4.69) is 22.4 Å². The number of fused-ring (bicyclic) bond motifs is 3. The summed E-state index contributed by atoms with van der Waals surface area (Å²) in [4.78, 5) is 18.1. The van der Waals surface area contributed by atoms with E-state index in [4.69, 9.17) is 5.73 Å². The van der Waals surface area contributed by atoms with Crippen LogP contribution in [0.4, 0.5) is 5.69 Å². The van der Waals surface area contributed by atoms with Crippen LogP contribution in [0.25, 0.3) is 10.4 Å². The van der Waals surface area contributed by atoms with Crippen LogP contribution in [0.3, 0.4) is 0 Å². The molecule has 0 bridgehead atoms. The van der Waals surface area contributed by atoms with Crippen molar-refractivity contribution in [2.45, 2.75) is 13.0 Å². The molecule has 1 amide bonds. The number of para-hydroxylation sites is 1. The SMILES string of the molecule is NC(=O)c1sc2c(c1Cc1ccccn1)CNc1ccccc1-2. The van der Waals surface area contributed by atoms with Crippen molar-refractivity contribution in [1.82, 2.24) is 4.98 Å². The third-order valence-electron chi connectivity index (χ3n) is 4.05. The van der Waals surface area contributed by atoms with E-state index in [9.17, 15) is 4.79 Å². The van der Waals surface area contributed by atoms with Crippen molar-refractivity contribution >= 4 is 22.9 Å². The van der Waals surface area contributed by atoms with Crippen LogP contribution >= 0.6 is 11.3 Å². The molecule has 3 aromatic rings. The summed E-state index contributed by atoms with van der Waals surface area (Å²) in [7, 11) is 0. The highest BCUT2D eigenvalue weighted by atomic mass is 32.1. The van der Waals surface area contributed by atoms with E-state index >= 15 is 0 Å². The van der Waals surface area contributed by atoms with E-state index in [0.29, 0.717) is 17.8 Å². The summed E-state index contributed by atoms with van der Waals surface area (Å²) in [6.07, 6.45) is 2.39. The third kappa shape index (κ3) is 2.39. The molecule has 23 heavy (non-hydrogen) atoms. The molecule has 5 heteroatoms. The Balaban J connectivity index is 1.87. The van der Waals surface area contributed by atoms with Gasteiger partial charge in [0.2, 0.25) is 0 Å². The topological polar surface area (TPSA) is 68.0 Å². The number of hydrogen-bond donors (Lipinski definition) is 2. The van der Waals surface area contributed by atoms with Gasteiger partial charge in [-0.05, 0) is 29.3 Å². The number of amides is 1. The lowest BCUT2D eigenvalue weighted by Gasteiger charge is -2.19. The molecule has 3 heterocycles. The normalized spacial score (nSPS) is 12.2. The Morgan fingerprint density at radius 2 is 2.04 bits per heavy atom. The molecule has 114 valence electrons. The summed E-state index contributed by atoms with van der Waals surface area (Å²) in [5.41, 5.74) is 11.0. The number of nitrogens with zero attached hydrogens (tertiary/aromatic N) is 1. The second-order valence-electron chi connectivity index (χ2n) is 5.48. The van der Waals surface area contributed by atoms with Crippen molar-refractivity contribution in [3.05, 3.63) is 70.4 Å². The predicted octanol–water partition coefficient (Wildman–Crippen LogP) is 3.43. The Bertz CT molecular complexity index is 887. The second-order valence-corrected chi connectivity index (χ2v) is 6.50. The number of pyridine rings is 1. The molecule has 0 atom stereocenters. The molecule has 2 aromatic heterocycles. The van der Waals surface area contributed by atoms with Crippen LogP contribution in [-0.2, 0) is 13.0 Å². The quantitative estimate of drug-likeness (QED) is 0.776. The van der Waals surface area contributed by atoms with Crippen molar-refractivity contribution in [3.8, 4) is 10.4 Å². The molecule has 4 nitrogen and oxygen atoms in total. The van der Waals surface area contributed by atoms with Crippen molar-refractivity contribution in [3.63, 3.8) is 0 Å². The molecule has 3 N–H and O–H groups in total. The van der Waals surface area contributed by atoms with E-state index in [1.54, 1.807) is 6.20 Å². The van der Waals surface area contributed by atoms with Crippen molar-refractivity contribution < 1.29 is 4.79 Å². The highest BCUT2D eigenvalue weighted by molar-refractivity contribution is 7.17. The van der Waals surface area contributed by atoms with E-state index in [1.807, 2.05) is 30.3 Å². The van der Waals surface area contributed by atoms with Crippen LogP contribution in [0.5, 0.6) is 0 Å². The third-order valence-corrected chi connectivity index (χ3v) is 5.37. The van der Waals surface area contributed by atoms with Gasteiger partial charge in [-0.15, -0.1) is 11.3 Å². The fraction of sp³-hybridized carbons (Fsp3) is 0.111. The van der Waals surface area contributed by atoms with Crippen LogP contribution in [0, 0.1) is 0 Å². The average molecular weight is 321 g/mol. The summed E-state index contributed by atoms with van der Waals surface area (Å²) in [6.45, 7) is 0.707. The molecule has 1 aliphatic heterocycles. The van der Waals surface area contributed by atoms with Gasteiger partial charge in [0.15, 0.2) is 0 Å². The molecule has 0 saturated carbocycles. The van der Waals surface area contributed by atoms with E-state index in [-0.39, 0.29) is 5.91 Å². The van der Waals surface area contributed by atoms with Gasteiger partial charge < -0.3 is 11.1 Å². The highest BCUT2D eigenvalue weighted by Gasteiger charge is 2.26. The average Bonchev–Trinajstić information content (AvgIpc) is 2.95. The smallest absolute Gasteiger partial charge is 0.259 e. The van der Waals surface area contributed by atoms with Gasteiger partial charge in [-0.1, -0.05) is 24.3 Å². The zero-order chi connectivity index (χ0) is 15.8. The van der Waals surface area contributed by atoms with Crippen LogP contribution in [0.1, 0.15) is 26.5 Å². The maximum absolute atomic E-state index is 11.9. The number of thiophene rings is 1. The molecule has 1 aliphatic rings. The number of nitrogens with one attached hydrogen (secondary N) is 1. The van der Waals surface area contributed by atoms with Gasteiger partial charge >= 0.3 is 0 Å². The number of primary amides is 1. The Morgan fingerprint density at radius 1 is 1.22 bits per heavy atom. The number of hydrogen-bond acceptors (Lipinski definition) is 4. The first kappa shape index (κ1) is 14.0. The van der Waals surface area contributed by atoms with E-state index in [0.717, 1.165) is 32.9 Å². The molecule has 0 radical (unpaired) electrons. The summed E-state index contributed by atoms with van der Waals surface area (Å²) in [5.74, 6) is -0.368. The van der Waals surface area contributed by atoms with Gasteiger partial charge in [0.1, 0.15) is 0 Å². The molecule has 4 rings (SSSR count). The molecule has 1 aromatic carbocycles. The van der Waals surface area contributed by atoms with Gasteiger partial charge in [0.05, 0.1) is 4.88 Å². The standard InChI is InChI=1S/C18H15N3OS/c19-18(22)17-13(9-11-5-3-4-8-20-11)14-10-21-15-7-2-1-6-12(15)16(14)23-17/h1-8,21H,9-10H2,(H2,19,22). The predicted molar refractivity (Wildman–Crippen MR) is 92.6 cm³/mol. The van der Waals surface area contributed by atoms with Crippen LogP contribution in [0.2, 0.25) is 0 Å². The van der Waals surface area contributed by atoms with Gasteiger partial charge in [0.25, 0.3) is 5.91 Å². The number of carbonyl (C=O) groups excluding carboxylic acids is 1. The first-order valence-corrected chi connectivity index (χ1v) is 8.23. The number of rotatable bonds is 3. The fourth-order valence-electron chi connectivity index (χ4n) is 2.99. The monoisotopic (exact) mass is 321 g/mol. The molecule has 0 spiro atoms. The first-order valence-electron chi connectivity index (χ1n) is 7.41. The molecule has 0 saturated heterocycles. The summed E-state index contributed by atoms with van der Waals surface area (Å²) in [6, 6.07) is 14.0. The minimum absolute atomic E-state index is 0.368. The van der Waals surface area contributed by atoms with E-state index in [1.165, 1.54) is 11.3 Å². The highest BCUT2D eigenvalue weighted by Crippen LogP contribution is 2.43. The van der Waals surface area contributed by atoms with Crippen molar-refractivity contribution in [2.24, 2.45) is 5.73 Å². The van der Waals surface area contributed by atoms with Gasteiger partial charge in [-0.3, -0.25) is 9.78 Å². The lowest BCUT2D eigenvalue weighted by atomic mass is 9.96. The Kier molecular flexibility index (Phi) is 3.35. The second kappa shape index (κ2) is 5.52. The van der Waals surface area contributed by atoms with Gasteiger partial charge in [-0.25, -0.2) is 0 Å². The number of nitrogens with two attached hydrogens (primary N) is 1. The maximum Gasteiger partial charge on any atom is 0.259 e. The maximum atomic E-state index is 11.9. The van der Waals surface area contributed by atoms with Gasteiger partial charge in [0, 0.05) is 41.0 Å². The van der Waals surface area contributed by atoms with Crippen molar-refractivity contribution in [2.75, 3.05) is 5.32 Å². The molecule has 0 unspecified atom stereocenters. The van der Waals surface area contributed by atoms with Crippen LogP contribution in [0.15, 0.2) is 48.7 Å². The number of anilines is 1. The molecule has 0 fully saturated rings. The van der Waals surface area contributed by atoms with Crippen LogP contribution in [-0.4, -0.2) is 10.9 Å². The number of aromatic nitrogens is 1. The van der Waals surface area contributed by atoms with E-state index < -0.39 is 0 Å². The Morgan fingerprint density at radius 3 is 2.83 bits per heavy atom. The Hall–Kier alpha value is -2.66. The van der Waals surface area contributed by atoms with Crippen molar-refractivity contribution in [1.29, 1.82) is 0 Å². The summed E-state index contributed by atoms with van der Waals surface area (Å²) in [5, 5.41) is 3.43. The zero-order valence-corrected chi connectivity index (χ0v) is 13.2. The Labute approximate surface area is 138 Å². The number of carbonyl (C=O) groups is 1. The molecular weight excluding hydrogens is 306 g/mol. The minimum atomic E-state index is -0.368. The molecule has 0 aliphatic carbocycles. The molecular formula is C18H15N3OS.